The molecule has 2 aliphatic heterocycles. The first-order chi connectivity index (χ1) is 8.16. The Kier molecular flexibility index (Phi) is 3.99. The molecule has 2 unspecified atom stereocenters. The van der Waals surface area contributed by atoms with Crippen LogP contribution in [0.15, 0.2) is 0 Å². The average Bonchev–Trinajstić information content (AvgIpc) is 2.82. The summed E-state index contributed by atoms with van der Waals surface area (Å²) in [6.45, 7) is 2.25. The molecule has 5 heteroatoms. The van der Waals surface area contributed by atoms with Crippen LogP contribution in [0.2, 0.25) is 0 Å². The van der Waals surface area contributed by atoms with Crippen LogP contribution in [0, 0.1) is 0 Å². The number of carboxylic acids is 1. The molecule has 2 aliphatic rings. The van der Waals surface area contributed by atoms with E-state index in [-0.39, 0.29) is 18.4 Å². The minimum atomic E-state index is -0.833. The molecule has 2 atom stereocenters. The van der Waals surface area contributed by atoms with Gasteiger partial charge in [-0.1, -0.05) is 0 Å². The van der Waals surface area contributed by atoms with Gasteiger partial charge < -0.3 is 10.4 Å². The fraction of sp³-hybridized carbons (Fsp3) is 0.833. The second-order valence-electron chi connectivity index (χ2n) is 4.96. The van der Waals surface area contributed by atoms with Crippen LogP contribution in [0.3, 0.4) is 0 Å². The Morgan fingerprint density at radius 1 is 1.24 bits per heavy atom. The maximum absolute atomic E-state index is 11.6. The summed E-state index contributed by atoms with van der Waals surface area (Å²) in [5.74, 6) is -0.828. The maximum Gasteiger partial charge on any atom is 0.303 e. The van der Waals surface area contributed by atoms with Crippen molar-refractivity contribution in [3.8, 4) is 0 Å². The standard InChI is InChI=1S/C12H20N2O3/c15-11(4-1-5-12(16)17)13-9-6-8-14-7-2-3-10(9)14/h9-10H,1-8H2,(H,13,15)(H,16,17). The Morgan fingerprint density at radius 3 is 2.82 bits per heavy atom. The second-order valence-corrected chi connectivity index (χ2v) is 4.96. The molecule has 2 rings (SSSR count). The van der Waals surface area contributed by atoms with Crippen LogP contribution < -0.4 is 5.32 Å². The van der Waals surface area contributed by atoms with Gasteiger partial charge in [0.15, 0.2) is 0 Å². The van der Waals surface area contributed by atoms with Gasteiger partial charge in [0, 0.05) is 31.5 Å². The lowest BCUT2D eigenvalue weighted by atomic mass is 10.1. The number of hydrogen-bond acceptors (Lipinski definition) is 3. The zero-order valence-electron chi connectivity index (χ0n) is 10.0. The first-order valence-electron chi connectivity index (χ1n) is 6.42. The zero-order valence-corrected chi connectivity index (χ0v) is 10.0. The summed E-state index contributed by atoms with van der Waals surface area (Å²) in [7, 11) is 0. The van der Waals surface area contributed by atoms with Gasteiger partial charge in [-0.15, -0.1) is 0 Å². The van der Waals surface area contributed by atoms with E-state index < -0.39 is 5.97 Å². The van der Waals surface area contributed by atoms with E-state index in [1.54, 1.807) is 0 Å². The third-order valence-electron chi connectivity index (χ3n) is 3.75. The van der Waals surface area contributed by atoms with Crippen molar-refractivity contribution in [2.75, 3.05) is 13.1 Å². The molecular weight excluding hydrogens is 220 g/mol. The normalized spacial score (nSPS) is 28.0. The molecule has 1 amide bonds. The molecule has 0 radical (unpaired) electrons. The van der Waals surface area contributed by atoms with Crippen LogP contribution in [-0.4, -0.2) is 47.1 Å². The first kappa shape index (κ1) is 12.4. The number of rotatable bonds is 5. The molecule has 0 spiro atoms. The number of amides is 1. The molecule has 2 saturated heterocycles. The number of carbonyl (C=O) groups excluding carboxylic acids is 1. The van der Waals surface area contributed by atoms with Crippen molar-refractivity contribution in [1.82, 2.24) is 10.2 Å². The summed E-state index contributed by atoms with van der Waals surface area (Å²) < 4.78 is 0. The number of hydrogen-bond donors (Lipinski definition) is 2. The van der Waals surface area contributed by atoms with Gasteiger partial charge in [-0.3, -0.25) is 14.5 Å². The Labute approximate surface area is 101 Å². The number of aliphatic carboxylic acids is 1. The third-order valence-corrected chi connectivity index (χ3v) is 3.75. The van der Waals surface area contributed by atoms with Crippen LogP contribution >= 0.6 is 0 Å². The quantitative estimate of drug-likeness (QED) is 0.738. The van der Waals surface area contributed by atoms with Gasteiger partial charge in [-0.05, 0) is 32.2 Å². The fourth-order valence-corrected chi connectivity index (χ4v) is 2.93. The van der Waals surface area contributed by atoms with Gasteiger partial charge in [0.1, 0.15) is 0 Å². The van der Waals surface area contributed by atoms with Crippen LogP contribution in [0.1, 0.15) is 38.5 Å². The second kappa shape index (κ2) is 5.49. The van der Waals surface area contributed by atoms with E-state index in [0.717, 1.165) is 19.5 Å². The lowest BCUT2D eigenvalue weighted by Gasteiger charge is -2.21. The zero-order chi connectivity index (χ0) is 12.3. The molecule has 96 valence electrons. The van der Waals surface area contributed by atoms with E-state index in [9.17, 15) is 9.59 Å². The van der Waals surface area contributed by atoms with E-state index in [4.69, 9.17) is 5.11 Å². The van der Waals surface area contributed by atoms with Gasteiger partial charge in [-0.25, -0.2) is 0 Å². The van der Waals surface area contributed by atoms with Crippen molar-refractivity contribution in [3.05, 3.63) is 0 Å². The van der Waals surface area contributed by atoms with Gasteiger partial charge in [0.05, 0.1) is 0 Å². The van der Waals surface area contributed by atoms with Crippen LogP contribution in [-0.2, 0) is 9.59 Å². The summed E-state index contributed by atoms with van der Waals surface area (Å²) in [6, 6.07) is 0.813. The largest absolute Gasteiger partial charge is 0.481 e. The highest BCUT2D eigenvalue weighted by atomic mass is 16.4. The van der Waals surface area contributed by atoms with Crippen molar-refractivity contribution in [2.24, 2.45) is 0 Å². The number of carbonyl (C=O) groups is 2. The molecular formula is C12H20N2O3. The molecule has 0 aromatic carbocycles. The van der Waals surface area contributed by atoms with Crippen LogP contribution in [0.25, 0.3) is 0 Å². The summed E-state index contributed by atoms with van der Waals surface area (Å²) in [4.78, 5) is 24.4. The van der Waals surface area contributed by atoms with Crippen molar-refractivity contribution in [1.29, 1.82) is 0 Å². The molecule has 2 heterocycles. The Hall–Kier alpha value is -1.10. The Bertz CT molecular complexity index is 306. The van der Waals surface area contributed by atoms with Gasteiger partial charge >= 0.3 is 5.97 Å². The molecule has 17 heavy (non-hydrogen) atoms. The molecule has 0 aromatic rings. The monoisotopic (exact) mass is 240 g/mol. The van der Waals surface area contributed by atoms with Crippen LogP contribution in [0.5, 0.6) is 0 Å². The minimum Gasteiger partial charge on any atom is -0.481 e. The van der Waals surface area contributed by atoms with Gasteiger partial charge in [0.2, 0.25) is 5.91 Å². The van der Waals surface area contributed by atoms with E-state index in [1.165, 1.54) is 12.8 Å². The molecule has 5 nitrogen and oxygen atoms in total. The molecule has 0 aromatic heterocycles. The average molecular weight is 240 g/mol. The molecule has 0 bridgehead atoms. The van der Waals surface area contributed by atoms with E-state index in [2.05, 4.69) is 10.2 Å². The SMILES string of the molecule is O=C(O)CCCC(=O)NC1CCN2CCCC12. The fourth-order valence-electron chi connectivity index (χ4n) is 2.93. The lowest BCUT2D eigenvalue weighted by Crippen LogP contribution is -2.42. The Balaban J connectivity index is 1.70. The van der Waals surface area contributed by atoms with Gasteiger partial charge in [-0.2, -0.15) is 0 Å². The van der Waals surface area contributed by atoms with E-state index in [1.807, 2.05) is 0 Å². The third kappa shape index (κ3) is 3.19. The Morgan fingerprint density at radius 2 is 2.06 bits per heavy atom. The van der Waals surface area contributed by atoms with Crippen molar-refractivity contribution in [3.63, 3.8) is 0 Å². The predicted octanol–water partition coefficient (Wildman–Crippen LogP) is 0.594. The van der Waals surface area contributed by atoms with Crippen molar-refractivity contribution in [2.45, 2.75) is 50.6 Å². The highest BCUT2D eigenvalue weighted by molar-refractivity contribution is 5.77. The highest BCUT2D eigenvalue weighted by Gasteiger charge is 2.37. The molecule has 0 aliphatic carbocycles. The van der Waals surface area contributed by atoms with Crippen molar-refractivity contribution < 1.29 is 14.7 Å². The number of carboxylic acid groups (broad SMARTS) is 1. The first-order valence-corrected chi connectivity index (χ1v) is 6.42. The highest BCUT2D eigenvalue weighted by Crippen LogP contribution is 2.27. The minimum absolute atomic E-state index is 0.00463. The van der Waals surface area contributed by atoms with Gasteiger partial charge in [0.25, 0.3) is 0 Å². The molecule has 0 saturated carbocycles. The smallest absolute Gasteiger partial charge is 0.303 e. The lowest BCUT2D eigenvalue weighted by molar-refractivity contribution is -0.137. The summed E-state index contributed by atoms with van der Waals surface area (Å²) in [5, 5.41) is 11.5. The number of fused-ring (bicyclic) bond motifs is 1. The van der Waals surface area contributed by atoms with E-state index >= 15 is 0 Å². The van der Waals surface area contributed by atoms with E-state index in [0.29, 0.717) is 18.9 Å². The summed E-state index contributed by atoms with van der Waals surface area (Å²) in [6.07, 6.45) is 4.29. The van der Waals surface area contributed by atoms with Crippen LogP contribution in [0.4, 0.5) is 0 Å². The number of nitrogens with one attached hydrogen (secondary N) is 1. The predicted molar refractivity (Wildman–Crippen MR) is 62.6 cm³/mol. The summed E-state index contributed by atoms with van der Waals surface area (Å²) >= 11 is 0. The number of nitrogens with zero attached hydrogens (tertiary/aromatic N) is 1. The topological polar surface area (TPSA) is 69.6 Å². The van der Waals surface area contributed by atoms with Crippen molar-refractivity contribution >= 4 is 11.9 Å². The maximum atomic E-state index is 11.6. The molecule has 2 fully saturated rings. The molecule has 2 N–H and O–H groups in total. The summed E-state index contributed by atoms with van der Waals surface area (Å²) in [5.41, 5.74) is 0.